The second-order valence-corrected chi connectivity index (χ2v) is 6.90. The molecule has 2 aromatic carbocycles. The van der Waals surface area contributed by atoms with Crippen LogP contribution in [0.2, 0.25) is 0 Å². The molecule has 0 fully saturated rings. The minimum Gasteiger partial charge on any atom is -0.344 e. The second-order valence-electron chi connectivity index (χ2n) is 5.92. The molecule has 0 radical (unpaired) electrons. The van der Waals surface area contributed by atoms with Gasteiger partial charge < -0.3 is 5.32 Å². The Labute approximate surface area is 151 Å². The van der Waals surface area contributed by atoms with E-state index >= 15 is 0 Å². The van der Waals surface area contributed by atoms with Crippen LogP contribution in [0.5, 0.6) is 0 Å². The number of hydrogen-bond acceptors (Lipinski definition) is 2. The molecule has 0 saturated heterocycles. The molecule has 1 unspecified atom stereocenters. The molecule has 4 heteroatoms. The molecule has 0 aliphatic rings. The van der Waals surface area contributed by atoms with Gasteiger partial charge in [0.25, 0.3) is 0 Å². The lowest BCUT2D eigenvalue weighted by molar-refractivity contribution is -0.120. The molecule has 25 heavy (non-hydrogen) atoms. The third-order valence-corrected chi connectivity index (χ3v) is 5.05. The van der Waals surface area contributed by atoms with E-state index in [1.165, 1.54) is 17.7 Å². The van der Waals surface area contributed by atoms with Gasteiger partial charge in [-0.2, -0.15) is 0 Å². The van der Waals surface area contributed by atoms with Crippen molar-refractivity contribution in [3.05, 3.63) is 93.4 Å². The van der Waals surface area contributed by atoms with E-state index in [4.69, 9.17) is 0 Å². The fraction of sp³-hybridized carbons (Fsp3) is 0.190. The van der Waals surface area contributed by atoms with Crippen LogP contribution < -0.4 is 5.32 Å². The van der Waals surface area contributed by atoms with Crippen molar-refractivity contribution in [3.63, 3.8) is 0 Å². The summed E-state index contributed by atoms with van der Waals surface area (Å²) in [7, 11) is 0. The molecule has 1 aromatic heterocycles. The molecule has 0 spiro atoms. The summed E-state index contributed by atoms with van der Waals surface area (Å²) in [5, 5.41) is 5.09. The van der Waals surface area contributed by atoms with Crippen LogP contribution in [-0.4, -0.2) is 5.91 Å². The van der Waals surface area contributed by atoms with Crippen LogP contribution in [0.4, 0.5) is 4.39 Å². The van der Waals surface area contributed by atoms with E-state index in [0.717, 1.165) is 16.9 Å². The second kappa shape index (κ2) is 8.08. The number of hydrogen-bond donors (Lipinski definition) is 1. The van der Waals surface area contributed by atoms with Gasteiger partial charge in [0.1, 0.15) is 5.82 Å². The third-order valence-electron chi connectivity index (χ3n) is 4.11. The van der Waals surface area contributed by atoms with E-state index in [0.29, 0.717) is 5.56 Å². The first-order valence-corrected chi connectivity index (χ1v) is 9.19. The van der Waals surface area contributed by atoms with Gasteiger partial charge in [0.05, 0.1) is 12.5 Å². The quantitative estimate of drug-likeness (QED) is 0.671. The lowest BCUT2D eigenvalue weighted by atomic mass is 10.0. The number of rotatable bonds is 6. The molecule has 0 bridgehead atoms. The van der Waals surface area contributed by atoms with Gasteiger partial charge in [-0.1, -0.05) is 49.4 Å². The number of nitrogens with one attached hydrogen (secondary N) is 1. The molecule has 1 heterocycles. The van der Waals surface area contributed by atoms with Crippen molar-refractivity contribution < 1.29 is 9.18 Å². The Morgan fingerprint density at radius 2 is 1.88 bits per heavy atom. The van der Waals surface area contributed by atoms with Crippen molar-refractivity contribution in [3.8, 4) is 0 Å². The molecule has 1 atom stereocenters. The SMILES string of the molecule is CCc1ccc(C(NC(=O)Cc2cccc(F)c2)c2cccs2)cc1. The van der Waals surface area contributed by atoms with Crippen molar-refractivity contribution in [2.45, 2.75) is 25.8 Å². The fourth-order valence-corrected chi connectivity index (χ4v) is 3.57. The molecular formula is C21H20FNOS. The van der Waals surface area contributed by atoms with Crippen LogP contribution in [0.1, 0.15) is 34.5 Å². The molecule has 128 valence electrons. The van der Waals surface area contributed by atoms with E-state index in [9.17, 15) is 9.18 Å². The van der Waals surface area contributed by atoms with Crippen LogP contribution in [0.15, 0.2) is 66.0 Å². The molecule has 0 saturated carbocycles. The molecule has 3 aromatic rings. The summed E-state index contributed by atoms with van der Waals surface area (Å²) in [5.74, 6) is -0.446. The van der Waals surface area contributed by atoms with Gasteiger partial charge >= 0.3 is 0 Å². The predicted molar refractivity (Wildman–Crippen MR) is 100 cm³/mol. The minimum atomic E-state index is -0.324. The number of carbonyl (C=O) groups is 1. The Morgan fingerprint density at radius 1 is 1.08 bits per heavy atom. The van der Waals surface area contributed by atoms with Crippen LogP contribution in [0.25, 0.3) is 0 Å². The summed E-state index contributed by atoms with van der Waals surface area (Å²) >= 11 is 1.61. The lowest BCUT2D eigenvalue weighted by Crippen LogP contribution is -2.30. The first kappa shape index (κ1) is 17.4. The van der Waals surface area contributed by atoms with Gasteiger partial charge in [0, 0.05) is 4.88 Å². The highest BCUT2D eigenvalue weighted by molar-refractivity contribution is 7.10. The summed E-state index contributed by atoms with van der Waals surface area (Å²) in [6.07, 6.45) is 1.14. The Kier molecular flexibility index (Phi) is 5.61. The smallest absolute Gasteiger partial charge is 0.225 e. The summed E-state index contributed by atoms with van der Waals surface area (Å²) < 4.78 is 13.3. The molecule has 3 rings (SSSR count). The van der Waals surface area contributed by atoms with Crippen LogP contribution >= 0.6 is 11.3 Å². The van der Waals surface area contributed by atoms with Crippen LogP contribution in [0.3, 0.4) is 0 Å². The van der Waals surface area contributed by atoms with Crippen molar-refractivity contribution in [1.82, 2.24) is 5.32 Å². The maximum absolute atomic E-state index is 13.3. The average Bonchev–Trinajstić information content (AvgIpc) is 3.14. The van der Waals surface area contributed by atoms with Gasteiger partial charge in [-0.3, -0.25) is 4.79 Å². The van der Waals surface area contributed by atoms with E-state index in [-0.39, 0.29) is 24.2 Å². The summed E-state index contributed by atoms with van der Waals surface area (Å²) in [6.45, 7) is 2.12. The van der Waals surface area contributed by atoms with E-state index in [1.54, 1.807) is 23.5 Å². The monoisotopic (exact) mass is 353 g/mol. The van der Waals surface area contributed by atoms with Crippen LogP contribution in [0, 0.1) is 5.82 Å². The summed E-state index contributed by atoms with van der Waals surface area (Å²) in [6, 6.07) is 18.3. The Hall–Kier alpha value is -2.46. The van der Waals surface area contributed by atoms with E-state index in [1.807, 2.05) is 17.5 Å². The highest BCUT2D eigenvalue weighted by Crippen LogP contribution is 2.26. The van der Waals surface area contributed by atoms with Crippen molar-refractivity contribution in [2.24, 2.45) is 0 Å². The lowest BCUT2D eigenvalue weighted by Gasteiger charge is -2.18. The highest BCUT2D eigenvalue weighted by atomic mass is 32.1. The predicted octanol–water partition coefficient (Wildman–Crippen LogP) is 4.90. The van der Waals surface area contributed by atoms with Crippen molar-refractivity contribution in [2.75, 3.05) is 0 Å². The Morgan fingerprint density at radius 3 is 2.52 bits per heavy atom. The first-order chi connectivity index (χ1) is 12.2. The maximum Gasteiger partial charge on any atom is 0.225 e. The molecule has 0 aliphatic carbocycles. The van der Waals surface area contributed by atoms with E-state index in [2.05, 4.69) is 36.5 Å². The van der Waals surface area contributed by atoms with Gasteiger partial charge in [-0.15, -0.1) is 11.3 Å². The van der Waals surface area contributed by atoms with E-state index < -0.39 is 0 Å². The number of benzene rings is 2. The number of halogens is 1. The van der Waals surface area contributed by atoms with Crippen LogP contribution in [-0.2, 0) is 17.6 Å². The summed E-state index contributed by atoms with van der Waals surface area (Å²) in [4.78, 5) is 13.6. The molecule has 0 aliphatic heterocycles. The van der Waals surface area contributed by atoms with Crippen molar-refractivity contribution >= 4 is 17.2 Å². The van der Waals surface area contributed by atoms with Gasteiger partial charge in [0.15, 0.2) is 0 Å². The Bertz CT molecular complexity index is 827. The zero-order chi connectivity index (χ0) is 17.6. The Balaban J connectivity index is 1.79. The van der Waals surface area contributed by atoms with Gasteiger partial charge in [-0.05, 0) is 46.7 Å². The number of aryl methyl sites for hydroxylation is 1. The molecular weight excluding hydrogens is 333 g/mol. The third kappa shape index (κ3) is 4.54. The van der Waals surface area contributed by atoms with Crippen molar-refractivity contribution in [1.29, 1.82) is 0 Å². The minimum absolute atomic E-state index is 0.122. The number of thiophene rings is 1. The molecule has 1 amide bonds. The first-order valence-electron chi connectivity index (χ1n) is 8.31. The molecule has 1 N–H and O–H groups in total. The maximum atomic E-state index is 13.3. The zero-order valence-electron chi connectivity index (χ0n) is 14.0. The average molecular weight is 353 g/mol. The standard InChI is InChI=1S/C21H20FNOS/c1-2-15-8-10-17(11-9-15)21(19-7-4-12-25-19)23-20(24)14-16-5-3-6-18(22)13-16/h3-13,21H,2,14H2,1H3,(H,23,24). The largest absolute Gasteiger partial charge is 0.344 e. The number of amides is 1. The fourth-order valence-electron chi connectivity index (χ4n) is 2.76. The summed E-state index contributed by atoms with van der Waals surface area (Å²) in [5.41, 5.74) is 2.98. The van der Waals surface area contributed by atoms with Gasteiger partial charge in [0.2, 0.25) is 5.91 Å². The molecule has 2 nitrogen and oxygen atoms in total. The normalized spacial score (nSPS) is 11.9. The topological polar surface area (TPSA) is 29.1 Å². The highest BCUT2D eigenvalue weighted by Gasteiger charge is 2.18. The zero-order valence-corrected chi connectivity index (χ0v) is 14.9. The van der Waals surface area contributed by atoms with Gasteiger partial charge in [-0.25, -0.2) is 4.39 Å². The number of carbonyl (C=O) groups excluding carboxylic acids is 1.